The minimum Gasteiger partial charge on any atom is -0.496 e. The molecule has 1 fully saturated rings. The molecular formula is C19H17ClF2N2O3. The molecule has 2 aromatic carbocycles. The minimum absolute atomic E-state index is 0.238. The van der Waals surface area contributed by atoms with E-state index >= 15 is 0 Å². The van der Waals surface area contributed by atoms with Gasteiger partial charge in [-0.25, -0.2) is 8.78 Å². The van der Waals surface area contributed by atoms with Crippen molar-refractivity contribution in [2.24, 2.45) is 0 Å². The van der Waals surface area contributed by atoms with E-state index < -0.39 is 29.5 Å². The summed E-state index contributed by atoms with van der Waals surface area (Å²) >= 11 is 5.98. The second-order valence-electron chi connectivity index (χ2n) is 6.09. The van der Waals surface area contributed by atoms with Crippen molar-refractivity contribution < 1.29 is 23.1 Å². The minimum atomic E-state index is -1.14. The van der Waals surface area contributed by atoms with Crippen LogP contribution in [-0.4, -0.2) is 36.4 Å². The summed E-state index contributed by atoms with van der Waals surface area (Å²) in [5.74, 6) is -2.85. The third-order valence-electron chi connectivity index (χ3n) is 4.42. The maximum Gasteiger partial charge on any atom is 0.258 e. The quantitative estimate of drug-likeness (QED) is 0.856. The van der Waals surface area contributed by atoms with Gasteiger partial charge in [0.1, 0.15) is 11.8 Å². The Labute approximate surface area is 159 Å². The monoisotopic (exact) mass is 394 g/mol. The fourth-order valence-electron chi connectivity index (χ4n) is 3.10. The number of methoxy groups -OCH3 is 1. The van der Waals surface area contributed by atoms with Crippen molar-refractivity contribution in [1.82, 2.24) is 4.90 Å². The Morgan fingerprint density at radius 1 is 1.26 bits per heavy atom. The van der Waals surface area contributed by atoms with Gasteiger partial charge < -0.3 is 15.0 Å². The van der Waals surface area contributed by atoms with Gasteiger partial charge in [-0.3, -0.25) is 9.59 Å². The zero-order valence-corrected chi connectivity index (χ0v) is 15.2. The number of hydrogen-bond donors (Lipinski definition) is 1. The Hall–Kier alpha value is -2.67. The Bertz CT molecular complexity index is 891. The van der Waals surface area contributed by atoms with E-state index in [-0.39, 0.29) is 11.3 Å². The number of benzene rings is 2. The molecule has 2 aromatic rings. The predicted octanol–water partition coefficient (Wildman–Crippen LogP) is 3.87. The van der Waals surface area contributed by atoms with Gasteiger partial charge in [-0.2, -0.15) is 0 Å². The number of rotatable bonds is 4. The first kappa shape index (κ1) is 19.1. The fraction of sp³-hybridized carbons (Fsp3) is 0.263. The van der Waals surface area contributed by atoms with Gasteiger partial charge in [-0.05, 0) is 43.2 Å². The maximum atomic E-state index is 13.8. The van der Waals surface area contributed by atoms with Crippen molar-refractivity contribution in [3.8, 4) is 5.75 Å². The number of nitrogens with one attached hydrogen (secondary N) is 1. The highest BCUT2D eigenvalue weighted by Crippen LogP contribution is 2.28. The van der Waals surface area contributed by atoms with E-state index in [1.54, 1.807) is 12.1 Å². The molecule has 0 radical (unpaired) electrons. The van der Waals surface area contributed by atoms with Crippen molar-refractivity contribution in [1.29, 1.82) is 0 Å². The molecule has 1 aliphatic rings. The van der Waals surface area contributed by atoms with Crippen molar-refractivity contribution in [2.75, 3.05) is 19.0 Å². The van der Waals surface area contributed by atoms with Gasteiger partial charge in [0.2, 0.25) is 5.91 Å². The third-order valence-corrected chi connectivity index (χ3v) is 4.65. The molecule has 0 saturated carbocycles. The average molecular weight is 395 g/mol. The summed E-state index contributed by atoms with van der Waals surface area (Å²) in [6, 6.07) is 7.36. The molecule has 1 heterocycles. The fourth-order valence-corrected chi connectivity index (χ4v) is 3.27. The highest BCUT2D eigenvalue weighted by Gasteiger charge is 2.36. The number of carbonyl (C=O) groups excluding carboxylic acids is 2. The number of carbonyl (C=O) groups is 2. The van der Waals surface area contributed by atoms with Crippen LogP contribution in [0.1, 0.15) is 23.2 Å². The molecule has 142 valence electrons. The summed E-state index contributed by atoms with van der Waals surface area (Å²) in [7, 11) is 1.43. The molecule has 1 N–H and O–H groups in total. The molecule has 0 aliphatic carbocycles. The maximum absolute atomic E-state index is 13.8. The van der Waals surface area contributed by atoms with E-state index in [4.69, 9.17) is 16.3 Å². The van der Waals surface area contributed by atoms with E-state index in [1.165, 1.54) is 30.2 Å². The SMILES string of the molecule is COc1ccc(Cl)cc1C(=O)N1CCCC1C(=O)Nc1cccc(F)c1F. The number of nitrogens with zero attached hydrogens (tertiary/aromatic N) is 1. The molecule has 1 unspecified atom stereocenters. The highest BCUT2D eigenvalue weighted by atomic mass is 35.5. The van der Waals surface area contributed by atoms with E-state index in [0.717, 1.165) is 6.07 Å². The Morgan fingerprint density at radius 3 is 2.78 bits per heavy atom. The van der Waals surface area contributed by atoms with Crippen molar-refractivity contribution in [3.63, 3.8) is 0 Å². The molecular weight excluding hydrogens is 378 g/mol. The number of ether oxygens (including phenoxy) is 1. The lowest BCUT2D eigenvalue weighted by Crippen LogP contribution is -2.43. The third kappa shape index (κ3) is 3.88. The van der Waals surface area contributed by atoms with Gasteiger partial charge in [0.25, 0.3) is 5.91 Å². The highest BCUT2D eigenvalue weighted by molar-refractivity contribution is 6.31. The molecule has 0 aromatic heterocycles. The molecule has 1 atom stereocenters. The smallest absolute Gasteiger partial charge is 0.258 e. The van der Waals surface area contributed by atoms with Gasteiger partial charge in [-0.1, -0.05) is 17.7 Å². The van der Waals surface area contributed by atoms with E-state index in [9.17, 15) is 18.4 Å². The Morgan fingerprint density at radius 2 is 2.04 bits per heavy atom. The average Bonchev–Trinajstić information content (AvgIpc) is 3.14. The van der Waals surface area contributed by atoms with Crippen LogP contribution in [0.2, 0.25) is 5.02 Å². The van der Waals surface area contributed by atoms with Crippen LogP contribution in [-0.2, 0) is 4.79 Å². The number of hydrogen-bond acceptors (Lipinski definition) is 3. The molecule has 27 heavy (non-hydrogen) atoms. The molecule has 0 spiro atoms. The molecule has 8 heteroatoms. The van der Waals surface area contributed by atoms with Crippen LogP contribution in [0.15, 0.2) is 36.4 Å². The lowest BCUT2D eigenvalue weighted by atomic mass is 10.1. The Kier molecular flexibility index (Phi) is 5.60. The van der Waals surface area contributed by atoms with Gasteiger partial charge in [0.15, 0.2) is 11.6 Å². The number of halogens is 3. The lowest BCUT2D eigenvalue weighted by molar-refractivity contribution is -0.119. The summed E-state index contributed by atoms with van der Waals surface area (Å²) in [5, 5.41) is 2.73. The standard InChI is InChI=1S/C19H17ClF2N2O3/c1-27-16-8-7-11(20)10-12(16)19(26)24-9-3-6-15(24)18(25)23-14-5-2-4-13(21)17(14)22/h2,4-5,7-8,10,15H,3,6,9H2,1H3,(H,23,25). The molecule has 2 amide bonds. The van der Waals surface area contributed by atoms with Crippen LogP contribution >= 0.6 is 11.6 Å². The summed E-state index contributed by atoms with van der Waals surface area (Å²) in [5.41, 5.74) is -0.0266. The van der Waals surface area contributed by atoms with Gasteiger partial charge in [0, 0.05) is 11.6 Å². The van der Waals surface area contributed by atoms with E-state index in [1.807, 2.05) is 0 Å². The number of amides is 2. The second kappa shape index (κ2) is 7.92. The molecule has 1 aliphatic heterocycles. The molecule has 3 rings (SSSR count). The molecule has 5 nitrogen and oxygen atoms in total. The predicted molar refractivity (Wildman–Crippen MR) is 97.1 cm³/mol. The van der Waals surface area contributed by atoms with Crippen LogP contribution in [0.25, 0.3) is 0 Å². The topological polar surface area (TPSA) is 58.6 Å². The number of anilines is 1. The van der Waals surface area contributed by atoms with Gasteiger partial charge in [-0.15, -0.1) is 0 Å². The van der Waals surface area contributed by atoms with Crippen LogP contribution in [0.5, 0.6) is 5.75 Å². The second-order valence-corrected chi connectivity index (χ2v) is 6.53. The van der Waals surface area contributed by atoms with Gasteiger partial charge in [0.05, 0.1) is 18.4 Å². The first-order chi connectivity index (χ1) is 12.9. The normalized spacial score (nSPS) is 16.3. The van der Waals surface area contributed by atoms with E-state index in [2.05, 4.69) is 5.32 Å². The van der Waals surface area contributed by atoms with Crippen LogP contribution < -0.4 is 10.1 Å². The molecule has 0 bridgehead atoms. The Balaban J connectivity index is 1.83. The number of likely N-dealkylation sites (tertiary alicyclic amines) is 1. The van der Waals surface area contributed by atoms with Crippen molar-refractivity contribution >= 4 is 29.1 Å². The summed E-state index contributed by atoms with van der Waals surface area (Å²) in [4.78, 5) is 26.9. The first-order valence-electron chi connectivity index (χ1n) is 8.31. The summed E-state index contributed by atoms with van der Waals surface area (Å²) in [6.07, 6.45) is 1.02. The first-order valence-corrected chi connectivity index (χ1v) is 8.69. The van der Waals surface area contributed by atoms with Crippen molar-refractivity contribution in [2.45, 2.75) is 18.9 Å². The summed E-state index contributed by atoms with van der Waals surface area (Å²) in [6.45, 7) is 0.359. The lowest BCUT2D eigenvalue weighted by Gasteiger charge is -2.25. The van der Waals surface area contributed by atoms with Crippen molar-refractivity contribution in [3.05, 3.63) is 58.6 Å². The van der Waals surface area contributed by atoms with Gasteiger partial charge >= 0.3 is 0 Å². The summed E-state index contributed by atoms with van der Waals surface area (Å²) < 4.78 is 32.4. The van der Waals surface area contributed by atoms with Crippen LogP contribution in [0, 0.1) is 11.6 Å². The largest absolute Gasteiger partial charge is 0.496 e. The van der Waals surface area contributed by atoms with Crippen LogP contribution in [0.4, 0.5) is 14.5 Å². The van der Waals surface area contributed by atoms with E-state index in [0.29, 0.717) is 30.2 Å². The zero-order valence-electron chi connectivity index (χ0n) is 14.5. The zero-order chi connectivity index (χ0) is 19.6. The molecule has 1 saturated heterocycles. The van der Waals surface area contributed by atoms with Crippen LogP contribution in [0.3, 0.4) is 0 Å².